The lowest BCUT2D eigenvalue weighted by atomic mass is 10.1. The molecule has 4 aromatic rings. The first-order valence-electron chi connectivity index (χ1n) is 13.6. The number of rotatable bonds is 4. The van der Waals surface area contributed by atoms with Crippen molar-refractivity contribution < 1.29 is 76.5 Å². The molecule has 268 valence electrons. The molecule has 4 rings (SSSR count). The van der Waals surface area contributed by atoms with Crippen molar-refractivity contribution >= 4 is 22.9 Å². The second-order valence-corrected chi connectivity index (χ2v) is 9.94. The minimum atomic E-state index is -0.818. The molecular weight excluding hydrogens is 666 g/mol. The maximum Gasteiger partial charge on any atom is 0.204 e. The second-order valence-electron chi connectivity index (χ2n) is 9.94. The highest BCUT2D eigenvalue weighted by Gasteiger charge is 2.17. The third kappa shape index (κ3) is 10.4. The Bertz CT molecular complexity index is 1920. The quantitative estimate of drug-likeness (QED) is 0.0354. The Balaban J connectivity index is 0.000000334. The van der Waals surface area contributed by atoms with Gasteiger partial charge in [0, 0.05) is 28.0 Å². The first-order valence-corrected chi connectivity index (χ1v) is 13.6. The van der Waals surface area contributed by atoms with Crippen molar-refractivity contribution in [3.05, 3.63) is 70.8 Å². The van der Waals surface area contributed by atoms with Crippen LogP contribution in [0, 0.1) is 5.41 Å². The minimum Gasteiger partial charge on any atom is -0.504 e. The molecule has 0 unspecified atom stereocenters. The summed E-state index contributed by atoms with van der Waals surface area (Å²) in [5, 5.41) is 138. The van der Waals surface area contributed by atoms with Crippen LogP contribution in [0.4, 0.5) is 0 Å². The molecule has 0 fully saturated rings. The number of ketones is 1. The Labute approximate surface area is 282 Å². The van der Waals surface area contributed by atoms with Crippen LogP contribution >= 0.6 is 0 Å². The number of hydrogen-bond acceptors (Lipinski definition) is 18. The molecule has 15 N–H and O–H groups in total. The van der Waals surface area contributed by atoms with Gasteiger partial charge in [-0.2, -0.15) is 0 Å². The molecular formula is C32H35N3O15. The molecule has 18 nitrogen and oxygen atoms in total. The highest BCUT2D eigenvalue weighted by atomic mass is 16.4. The predicted molar refractivity (Wildman–Crippen MR) is 176 cm³/mol. The highest BCUT2D eigenvalue weighted by Crippen LogP contribution is 2.44. The van der Waals surface area contributed by atoms with E-state index < -0.39 is 57.5 Å². The van der Waals surface area contributed by atoms with Crippen LogP contribution in [-0.2, 0) is 0 Å². The highest BCUT2D eigenvalue weighted by molar-refractivity contribution is 6.02. The maximum absolute atomic E-state index is 10.7. The maximum atomic E-state index is 10.7. The van der Waals surface area contributed by atoms with E-state index in [9.17, 15) is 15.0 Å². The van der Waals surface area contributed by atoms with E-state index >= 15 is 0 Å². The molecule has 0 saturated carbocycles. The van der Waals surface area contributed by atoms with E-state index in [1.165, 1.54) is 70.2 Å². The summed E-state index contributed by atoms with van der Waals surface area (Å²) < 4.78 is 0. The second kappa shape index (κ2) is 17.6. The number of hydrogen-bond donors (Lipinski definition) is 15. The topological polar surface area (TPSA) is 349 Å². The number of phenols is 12. The average Bonchev–Trinajstić information content (AvgIpc) is 3.07. The summed E-state index contributed by atoms with van der Waals surface area (Å²) in [4.78, 5) is 10.7. The molecule has 0 amide bonds. The summed E-state index contributed by atoms with van der Waals surface area (Å²) in [5.74, 6) is -6.47. The average molecular weight is 702 g/mol. The molecule has 0 atom stereocenters. The molecule has 0 aliphatic rings. The lowest BCUT2D eigenvalue weighted by Gasteiger charge is -2.07. The van der Waals surface area contributed by atoms with Crippen LogP contribution in [0.3, 0.4) is 0 Å². The third-order valence-corrected chi connectivity index (χ3v) is 6.32. The summed E-state index contributed by atoms with van der Waals surface area (Å²) in [5.41, 5.74) is 1.21. The molecule has 0 aliphatic heterocycles. The molecule has 18 heteroatoms. The molecule has 0 aliphatic carbocycles. The number of carbonyl (C=O) groups excluding carboxylic acids is 1. The largest absolute Gasteiger partial charge is 0.504 e. The van der Waals surface area contributed by atoms with Crippen LogP contribution in [0.5, 0.6) is 69.0 Å². The summed E-state index contributed by atoms with van der Waals surface area (Å²) in [6, 6.07) is 9.88. The van der Waals surface area contributed by atoms with Gasteiger partial charge in [0.05, 0.1) is 11.4 Å². The van der Waals surface area contributed by atoms with E-state index in [1.807, 2.05) is 0 Å². The summed E-state index contributed by atoms with van der Waals surface area (Å²) in [6.45, 7) is 5.72. The fourth-order valence-corrected chi connectivity index (χ4v) is 3.45. The third-order valence-electron chi connectivity index (χ3n) is 6.32. The zero-order valence-corrected chi connectivity index (χ0v) is 26.7. The predicted octanol–water partition coefficient (Wildman–Crippen LogP) is 4.20. The number of nitrogens with one attached hydrogen (secondary N) is 1. The zero-order valence-electron chi connectivity index (χ0n) is 26.7. The SMILES string of the molecule is C/C(=N/O)c1cc(O)c(O)c(O)c1.C/C(=N/O)c1ccc(O)c(O)c1O.CC(=N)c1cc(O)c(O)c(O)c1O.CC(=O)c1ccc(O)c(O)c1. The van der Waals surface area contributed by atoms with Crippen molar-refractivity contribution in [2.24, 2.45) is 10.3 Å². The number of phenolic OH excluding ortho intramolecular Hbond substituents is 12. The van der Waals surface area contributed by atoms with Crippen LogP contribution < -0.4 is 0 Å². The number of benzene rings is 4. The molecule has 0 saturated heterocycles. The van der Waals surface area contributed by atoms with E-state index in [-0.39, 0.29) is 45.5 Å². The first kappa shape index (κ1) is 40.8. The molecule has 0 bridgehead atoms. The van der Waals surface area contributed by atoms with Gasteiger partial charge in [0.1, 0.15) is 0 Å². The summed E-state index contributed by atoms with van der Waals surface area (Å²) >= 11 is 0. The van der Waals surface area contributed by atoms with Crippen LogP contribution in [0.1, 0.15) is 54.7 Å². The fraction of sp³-hybridized carbons (Fsp3) is 0.125. The van der Waals surface area contributed by atoms with Gasteiger partial charge in [0.25, 0.3) is 0 Å². The van der Waals surface area contributed by atoms with Crippen LogP contribution in [0.2, 0.25) is 0 Å². The Kier molecular flexibility index (Phi) is 14.4. The van der Waals surface area contributed by atoms with Gasteiger partial charge in [-0.15, -0.1) is 0 Å². The van der Waals surface area contributed by atoms with E-state index in [0.29, 0.717) is 11.1 Å². The van der Waals surface area contributed by atoms with Gasteiger partial charge in [-0.3, -0.25) is 4.79 Å². The molecule has 0 spiro atoms. The number of aromatic hydroxyl groups is 12. The van der Waals surface area contributed by atoms with Crippen molar-refractivity contribution in [3.8, 4) is 69.0 Å². The summed E-state index contributed by atoms with van der Waals surface area (Å²) in [7, 11) is 0. The molecule has 0 radical (unpaired) electrons. The van der Waals surface area contributed by atoms with E-state index in [1.54, 1.807) is 0 Å². The number of nitrogens with zero attached hydrogens (tertiary/aromatic N) is 2. The van der Waals surface area contributed by atoms with Crippen LogP contribution in [-0.4, -0.2) is 94.6 Å². The summed E-state index contributed by atoms with van der Waals surface area (Å²) in [6.07, 6.45) is 0. The van der Waals surface area contributed by atoms with Crippen LogP contribution in [0.15, 0.2) is 58.8 Å². The van der Waals surface area contributed by atoms with Gasteiger partial charge in [-0.1, -0.05) is 10.3 Å². The lowest BCUT2D eigenvalue weighted by molar-refractivity contribution is 0.101. The van der Waals surface area contributed by atoms with Crippen molar-refractivity contribution in [3.63, 3.8) is 0 Å². The normalized spacial score (nSPS) is 10.7. The Morgan fingerprint density at radius 3 is 1.36 bits per heavy atom. The Morgan fingerprint density at radius 2 is 0.900 bits per heavy atom. The molecule has 0 aromatic heterocycles. The molecule has 0 heterocycles. The molecule has 4 aromatic carbocycles. The lowest BCUT2D eigenvalue weighted by Crippen LogP contribution is -1.94. The Hall–Kier alpha value is -7.24. The van der Waals surface area contributed by atoms with Crippen molar-refractivity contribution in [1.82, 2.24) is 0 Å². The van der Waals surface area contributed by atoms with Gasteiger partial charge in [-0.05, 0) is 76.2 Å². The first-order chi connectivity index (χ1) is 23.2. The van der Waals surface area contributed by atoms with Gasteiger partial charge < -0.3 is 77.1 Å². The fourth-order valence-electron chi connectivity index (χ4n) is 3.45. The van der Waals surface area contributed by atoms with Gasteiger partial charge in [0.2, 0.25) is 17.2 Å². The van der Waals surface area contributed by atoms with E-state index in [2.05, 4.69) is 10.3 Å². The minimum absolute atomic E-state index is 0.0206. The van der Waals surface area contributed by atoms with Gasteiger partial charge in [-0.25, -0.2) is 0 Å². The monoisotopic (exact) mass is 701 g/mol. The zero-order chi connectivity index (χ0) is 38.6. The number of Topliss-reactive ketones (excluding diaryl/α,β-unsaturated/α-hetero) is 1. The van der Waals surface area contributed by atoms with Gasteiger partial charge >= 0.3 is 0 Å². The van der Waals surface area contributed by atoms with Gasteiger partial charge in [0.15, 0.2) is 57.5 Å². The van der Waals surface area contributed by atoms with Crippen molar-refractivity contribution in [2.45, 2.75) is 27.7 Å². The van der Waals surface area contributed by atoms with Crippen molar-refractivity contribution in [1.29, 1.82) is 5.41 Å². The molecule has 50 heavy (non-hydrogen) atoms. The van der Waals surface area contributed by atoms with Crippen molar-refractivity contribution in [2.75, 3.05) is 0 Å². The van der Waals surface area contributed by atoms with Crippen LogP contribution in [0.25, 0.3) is 0 Å². The number of carbonyl (C=O) groups is 1. The Morgan fingerprint density at radius 1 is 0.460 bits per heavy atom. The standard InChI is InChI=1S/3C8H9NO4.C8H8O3/c1-4(9-13)5-2-6(10)8(12)7(11)3-5;1-4(9-13)5-2-3-6(10)8(12)7(5)11;1-3(9)4-2-5(10)7(12)8(13)6(4)11;1-5(9)6-2-3-7(10)8(11)4-6/h2*2-3,10-13H,1H3;2,9-13H,1H3;2-4,10-11H,1H3/b2*9-4-;;. The van der Waals surface area contributed by atoms with E-state index in [4.69, 9.17) is 66.9 Å². The smallest absolute Gasteiger partial charge is 0.204 e. The number of oxime groups is 2. The van der Waals surface area contributed by atoms with E-state index in [0.717, 1.165) is 6.07 Å².